The summed E-state index contributed by atoms with van der Waals surface area (Å²) >= 11 is 5.86. The molecule has 0 heterocycles. The minimum absolute atomic E-state index is 0.0474. The van der Waals surface area contributed by atoms with Gasteiger partial charge in [0.25, 0.3) is 0 Å². The van der Waals surface area contributed by atoms with Crippen molar-refractivity contribution in [3.05, 3.63) is 58.6 Å². The topological polar surface area (TPSA) is 75.6 Å². The highest BCUT2D eigenvalue weighted by molar-refractivity contribution is 6.32. The van der Waals surface area contributed by atoms with Gasteiger partial charge in [-0.15, -0.1) is 0 Å². The largest absolute Gasteiger partial charge is 0.503 e. The summed E-state index contributed by atoms with van der Waals surface area (Å²) in [5.74, 6) is -2.61. The summed E-state index contributed by atoms with van der Waals surface area (Å²) < 4.78 is 41.6. The first-order valence-corrected chi connectivity index (χ1v) is 7.76. The summed E-state index contributed by atoms with van der Waals surface area (Å²) in [6.07, 6.45) is -2.33. The van der Waals surface area contributed by atoms with Gasteiger partial charge in [0.15, 0.2) is 17.3 Å². The molecule has 27 heavy (non-hydrogen) atoms. The van der Waals surface area contributed by atoms with Crippen LogP contribution in [-0.2, 0) is 4.79 Å². The van der Waals surface area contributed by atoms with Gasteiger partial charge in [-0.25, -0.2) is 0 Å². The van der Waals surface area contributed by atoms with E-state index in [2.05, 4.69) is 0 Å². The Kier molecular flexibility index (Phi) is 6.12. The molecular formula is C18H13ClF3NO4. The molecule has 0 saturated carbocycles. The molecule has 0 atom stereocenters. The number of amides is 1. The van der Waals surface area contributed by atoms with Gasteiger partial charge in [-0.1, -0.05) is 17.7 Å². The van der Waals surface area contributed by atoms with E-state index in [0.29, 0.717) is 5.56 Å². The molecule has 0 aliphatic rings. The number of hydrogen-bond donors (Lipinski definition) is 2. The minimum Gasteiger partial charge on any atom is -0.503 e. The normalized spacial score (nSPS) is 11.4. The monoisotopic (exact) mass is 399 g/mol. The first kappa shape index (κ1) is 20.3. The second kappa shape index (κ2) is 8.13. The van der Waals surface area contributed by atoms with Crippen LogP contribution in [0.15, 0.2) is 42.5 Å². The Morgan fingerprint density at radius 1 is 1.19 bits per heavy atom. The Morgan fingerprint density at radius 3 is 2.37 bits per heavy atom. The molecule has 142 valence electrons. The third kappa shape index (κ3) is 5.24. The Morgan fingerprint density at radius 2 is 1.81 bits per heavy atom. The number of anilines is 1. The molecule has 0 aromatic heterocycles. The van der Waals surface area contributed by atoms with Crippen molar-refractivity contribution < 1.29 is 32.6 Å². The van der Waals surface area contributed by atoms with Crippen LogP contribution in [0, 0.1) is 0 Å². The highest BCUT2D eigenvalue weighted by Gasteiger charge is 2.38. The third-order valence-electron chi connectivity index (χ3n) is 3.38. The first-order chi connectivity index (χ1) is 12.6. The molecule has 0 aliphatic carbocycles. The second-order valence-corrected chi connectivity index (χ2v) is 5.69. The van der Waals surface area contributed by atoms with Gasteiger partial charge in [-0.3, -0.25) is 9.59 Å². The Bertz CT molecular complexity index is 893. The number of phenols is 1. The third-order valence-corrected chi connectivity index (χ3v) is 3.67. The summed E-state index contributed by atoms with van der Waals surface area (Å²) in [5.41, 5.74) is 0.609. The van der Waals surface area contributed by atoms with Crippen LogP contribution in [0.2, 0.25) is 5.02 Å². The standard InChI is InChI=1S/C18H13ClF3NO4/c1-27-15-9-10(8-13(19)16(15)25)2-7-14(24)11-3-5-12(6-4-11)23-17(26)18(20,21)22/h2-9,25H,1H3,(H,23,26). The van der Waals surface area contributed by atoms with Crippen LogP contribution in [-0.4, -0.2) is 30.1 Å². The molecule has 0 fully saturated rings. The van der Waals surface area contributed by atoms with Crippen LogP contribution < -0.4 is 10.1 Å². The zero-order chi connectivity index (χ0) is 20.2. The Labute approximate surface area is 157 Å². The lowest BCUT2D eigenvalue weighted by Gasteiger charge is -2.08. The number of ether oxygens (including phenoxy) is 1. The summed E-state index contributed by atoms with van der Waals surface area (Å²) in [6, 6.07) is 7.84. The molecule has 0 saturated heterocycles. The molecule has 0 radical (unpaired) electrons. The van der Waals surface area contributed by atoms with E-state index in [1.807, 2.05) is 0 Å². The summed E-state index contributed by atoms with van der Waals surface area (Å²) in [7, 11) is 1.35. The molecule has 0 spiro atoms. The van der Waals surface area contributed by atoms with Gasteiger partial charge in [0.1, 0.15) is 0 Å². The van der Waals surface area contributed by atoms with E-state index < -0.39 is 17.9 Å². The molecule has 0 bridgehead atoms. The van der Waals surface area contributed by atoms with Gasteiger partial charge in [0, 0.05) is 11.3 Å². The van der Waals surface area contributed by atoms with Gasteiger partial charge in [-0.05, 0) is 48.0 Å². The van der Waals surface area contributed by atoms with Crippen molar-refractivity contribution in [3.8, 4) is 11.5 Å². The fraction of sp³-hybridized carbons (Fsp3) is 0.111. The lowest BCUT2D eigenvalue weighted by molar-refractivity contribution is -0.167. The first-order valence-electron chi connectivity index (χ1n) is 7.39. The molecule has 0 aliphatic heterocycles. The smallest absolute Gasteiger partial charge is 0.471 e. The molecule has 2 aromatic rings. The number of aromatic hydroxyl groups is 1. The van der Waals surface area contributed by atoms with Crippen molar-refractivity contribution in [1.29, 1.82) is 0 Å². The second-order valence-electron chi connectivity index (χ2n) is 5.28. The van der Waals surface area contributed by atoms with Crippen LogP contribution in [0.3, 0.4) is 0 Å². The number of halogens is 4. The minimum atomic E-state index is -5.00. The number of benzene rings is 2. The van der Waals surface area contributed by atoms with Crippen molar-refractivity contribution in [2.24, 2.45) is 0 Å². The molecule has 5 nitrogen and oxygen atoms in total. The van der Waals surface area contributed by atoms with E-state index in [1.165, 1.54) is 55.7 Å². The van der Waals surface area contributed by atoms with Crippen molar-refractivity contribution in [1.82, 2.24) is 0 Å². The summed E-state index contributed by atoms with van der Waals surface area (Å²) in [4.78, 5) is 23.0. The SMILES string of the molecule is COc1cc(C=CC(=O)c2ccc(NC(=O)C(F)(F)F)cc2)cc(Cl)c1O. The van der Waals surface area contributed by atoms with E-state index in [4.69, 9.17) is 16.3 Å². The van der Waals surface area contributed by atoms with Gasteiger partial charge in [-0.2, -0.15) is 13.2 Å². The number of hydrogen-bond acceptors (Lipinski definition) is 4. The van der Waals surface area contributed by atoms with Crippen molar-refractivity contribution in [2.75, 3.05) is 12.4 Å². The number of carbonyl (C=O) groups excluding carboxylic acids is 2. The summed E-state index contributed by atoms with van der Waals surface area (Å²) in [6.45, 7) is 0. The maximum Gasteiger partial charge on any atom is 0.471 e. The van der Waals surface area contributed by atoms with Crippen LogP contribution in [0.25, 0.3) is 6.08 Å². The van der Waals surface area contributed by atoms with Crippen molar-refractivity contribution >= 4 is 35.1 Å². The van der Waals surface area contributed by atoms with Gasteiger partial charge in [0.2, 0.25) is 0 Å². The molecule has 2 rings (SSSR count). The average Bonchev–Trinajstić information content (AvgIpc) is 2.62. The lowest BCUT2D eigenvalue weighted by Crippen LogP contribution is -2.29. The lowest BCUT2D eigenvalue weighted by atomic mass is 10.1. The van der Waals surface area contributed by atoms with E-state index in [1.54, 1.807) is 5.32 Å². The Hall–Kier alpha value is -3.00. The number of carbonyl (C=O) groups is 2. The molecule has 2 N–H and O–H groups in total. The molecule has 0 unspecified atom stereocenters. The number of ketones is 1. The number of rotatable bonds is 5. The van der Waals surface area contributed by atoms with Gasteiger partial charge >= 0.3 is 12.1 Å². The maximum atomic E-state index is 12.2. The van der Waals surface area contributed by atoms with Gasteiger partial charge < -0.3 is 15.2 Å². The highest BCUT2D eigenvalue weighted by atomic mass is 35.5. The van der Waals surface area contributed by atoms with Crippen LogP contribution >= 0.6 is 11.6 Å². The highest BCUT2D eigenvalue weighted by Crippen LogP contribution is 2.35. The van der Waals surface area contributed by atoms with E-state index in [9.17, 15) is 27.9 Å². The number of phenolic OH excluding ortho intramolecular Hbond substituents is 1. The fourth-order valence-electron chi connectivity index (χ4n) is 2.03. The number of nitrogens with one attached hydrogen (secondary N) is 1. The number of allylic oxidation sites excluding steroid dienone is 1. The zero-order valence-corrected chi connectivity index (χ0v) is 14.6. The molecule has 9 heteroatoms. The maximum absolute atomic E-state index is 12.2. The number of methoxy groups -OCH3 is 1. The van der Waals surface area contributed by atoms with E-state index in [-0.39, 0.29) is 27.8 Å². The number of alkyl halides is 3. The van der Waals surface area contributed by atoms with Crippen molar-refractivity contribution in [2.45, 2.75) is 6.18 Å². The molecule has 2 aromatic carbocycles. The fourth-order valence-corrected chi connectivity index (χ4v) is 2.25. The van der Waals surface area contributed by atoms with Crippen LogP contribution in [0.5, 0.6) is 11.5 Å². The van der Waals surface area contributed by atoms with Crippen LogP contribution in [0.4, 0.5) is 18.9 Å². The predicted molar refractivity (Wildman–Crippen MR) is 94.2 cm³/mol. The predicted octanol–water partition coefficient (Wildman–Crippen LogP) is 4.45. The van der Waals surface area contributed by atoms with E-state index in [0.717, 1.165) is 0 Å². The zero-order valence-electron chi connectivity index (χ0n) is 13.8. The Balaban J connectivity index is 2.11. The molecular weight excluding hydrogens is 387 g/mol. The molecule has 1 amide bonds. The van der Waals surface area contributed by atoms with Crippen LogP contribution in [0.1, 0.15) is 15.9 Å². The van der Waals surface area contributed by atoms with Crippen molar-refractivity contribution in [3.63, 3.8) is 0 Å². The van der Waals surface area contributed by atoms with E-state index >= 15 is 0 Å². The van der Waals surface area contributed by atoms with Gasteiger partial charge in [0.05, 0.1) is 12.1 Å². The summed E-state index contributed by atoms with van der Waals surface area (Å²) in [5, 5.41) is 11.4. The quantitative estimate of drug-likeness (QED) is 0.575. The average molecular weight is 400 g/mol.